The van der Waals surface area contributed by atoms with Crippen molar-refractivity contribution in [1.29, 1.82) is 0 Å². The first-order valence-electron chi connectivity index (χ1n) is 6.89. The molecule has 2 unspecified atom stereocenters. The Labute approximate surface area is 135 Å². The minimum absolute atomic E-state index is 0. The first-order valence-corrected chi connectivity index (χ1v) is 6.89. The number of esters is 1. The molecule has 0 saturated heterocycles. The smallest absolute Gasteiger partial charge is 0.308 e. The highest BCUT2D eigenvalue weighted by Crippen LogP contribution is 2.18. The van der Waals surface area contributed by atoms with Crippen molar-refractivity contribution in [3.63, 3.8) is 0 Å². The van der Waals surface area contributed by atoms with Gasteiger partial charge in [0, 0.05) is 12.5 Å². The molecule has 0 radical (unpaired) electrons. The molecule has 0 fully saturated rings. The molecule has 0 aromatic heterocycles. The van der Waals surface area contributed by atoms with Crippen LogP contribution in [0.3, 0.4) is 0 Å². The number of carbonyl (C=O) groups excluding carboxylic acids is 2. The monoisotopic (exact) mass is 332 g/mol. The average Bonchev–Trinajstić information content (AvgIpc) is 2.46. The van der Waals surface area contributed by atoms with Crippen LogP contribution < -0.4 is 11.1 Å². The third kappa shape index (κ3) is 6.41. The third-order valence-corrected chi connectivity index (χ3v) is 3.07. The summed E-state index contributed by atoms with van der Waals surface area (Å²) in [6, 6.07) is 5.07. The van der Waals surface area contributed by atoms with Gasteiger partial charge in [-0.15, -0.1) is 12.4 Å². The van der Waals surface area contributed by atoms with Crippen molar-refractivity contribution in [2.24, 2.45) is 11.7 Å². The second-order valence-electron chi connectivity index (χ2n) is 4.76. The Hall–Kier alpha value is -1.66. The molecule has 1 amide bonds. The van der Waals surface area contributed by atoms with E-state index in [9.17, 15) is 14.0 Å². The fourth-order valence-corrected chi connectivity index (χ4v) is 1.75. The van der Waals surface area contributed by atoms with Crippen LogP contribution in [0.5, 0.6) is 0 Å². The molecule has 0 aliphatic heterocycles. The molecule has 0 saturated carbocycles. The van der Waals surface area contributed by atoms with Crippen LogP contribution in [-0.2, 0) is 14.3 Å². The van der Waals surface area contributed by atoms with E-state index in [0.29, 0.717) is 5.56 Å². The van der Waals surface area contributed by atoms with Crippen LogP contribution in [-0.4, -0.2) is 25.0 Å². The molecule has 1 aromatic rings. The van der Waals surface area contributed by atoms with Gasteiger partial charge in [-0.1, -0.05) is 19.1 Å². The fourth-order valence-electron chi connectivity index (χ4n) is 1.75. The minimum Gasteiger partial charge on any atom is -0.466 e. The van der Waals surface area contributed by atoms with Crippen molar-refractivity contribution < 1.29 is 18.7 Å². The molecule has 0 bridgehead atoms. The summed E-state index contributed by atoms with van der Waals surface area (Å²) in [5.41, 5.74) is 6.09. The van der Waals surface area contributed by atoms with Gasteiger partial charge in [0.1, 0.15) is 5.82 Å². The normalized spacial score (nSPS) is 12.7. The van der Waals surface area contributed by atoms with Crippen molar-refractivity contribution in [2.75, 3.05) is 13.2 Å². The number of amides is 1. The van der Waals surface area contributed by atoms with E-state index in [1.807, 2.05) is 0 Å². The molecule has 124 valence electrons. The quantitative estimate of drug-likeness (QED) is 0.748. The Morgan fingerprint density at radius 2 is 1.91 bits per heavy atom. The van der Waals surface area contributed by atoms with Gasteiger partial charge in [0.2, 0.25) is 5.91 Å². The number of hydrogen-bond donors (Lipinski definition) is 2. The molecule has 0 aliphatic rings. The van der Waals surface area contributed by atoms with E-state index in [1.165, 1.54) is 24.3 Å². The number of nitrogens with two attached hydrogens (primary N) is 1. The lowest BCUT2D eigenvalue weighted by Crippen LogP contribution is -2.37. The Bertz CT molecular complexity index is 482. The maximum absolute atomic E-state index is 13.0. The van der Waals surface area contributed by atoms with Crippen LogP contribution in [0.15, 0.2) is 24.3 Å². The molecular weight excluding hydrogens is 311 g/mol. The minimum atomic E-state index is -0.564. The zero-order chi connectivity index (χ0) is 15.8. The van der Waals surface area contributed by atoms with E-state index < -0.39 is 12.0 Å². The molecule has 2 atom stereocenters. The summed E-state index contributed by atoms with van der Waals surface area (Å²) in [6.07, 6.45) is -0.0114. The van der Waals surface area contributed by atoms with Crippen LogP contribution in [0, 0.1) is 11.7 Å². The average molecular weight is 333 g/mol. The molecule has 22 heavy (non-hydrogen) atoms. The van der Waals surface area contributed by atoms with E-state index in [-0.39, 0.29) is 49.6 Å². The topological polar surface area (TPSA) is 81.4 Å². The lowest BCUT2D eigenvalue weighted by molar-refractivity contribution is -0.143. The van der Waals surface area contributed by atoms with Crippen LogP contribution in [0.1, 0.15) is 31.9 Å². The number of rotatable bonds is 7. The van der Waals surface area contributed by atoms with Crippen molar-refractivity contribution >= 4 is 24.3 Å². The first-order chi connectivity index (χ1) is 9.97. The molecule has 1 aromatic carbocycles. The van der Waals surface area contributed by atoms with Gasteiger partial charge >= 0.3 is 5.97 Å². The standard InChI is InChI=1S/C15H21FN2O3.ClH/c1-3-21-14(19)8-13(18-15(20)10(2)9-17)11-4-6-12(16)7-5-11;/h4-7,10,13H,3,8-9,17H2,1-2H3,(H,18,20);1H. The van der Waals surface area contributed by atoms with Crippen molar-refractivity contribution in [3.8, 4) is 0 Å². The number of benzene rings is 1. The first kappa shape index (κ1) is 20.3. The van der Waals surface area contributed by atoms with E-state index in [1.54, 1.807) is 13.8 Å². The summed E-state index contributed by atoms with van der Waals surface area (Å²) in [6.45, 7) is 3.88. The summed E-state index contributed by atoms with van der Waals surface area (Å²) in [5.74, 6) is -1.42. The van der Waals surface area contributed by atoms with Crippen molar-refractivity contribution in [1.82, 2.24) is 5.32 Å². The van der Waals surface area contributed by atoms with Gasteiger partial charge in [0.25, 0.3) is 0 Å². The summed E-state index contributed by atoms with van der Waals surface area (Å²) < 4.78 is 17.9. The van der Waals surface area contributed by atoms with Crippen LogP contribution >= 0.6 is 12.4 Å². The number of ether oxygens (including phenoxy) is 1. The molecule has 0 spiro atoms. The largest absolute Gasteiger partial charge is 0.466 e. The van der Waals surface area contributed by atoms with Gasteiger partial charge in [-0.2, -0.15) is 0 Å². The number of carbonyl (C=O) groups is 2. The lowest BCUT2D eigenvalue weighted by atomic mass is 10.0. The van der Waals surface area contributed by atoms with Crippen LogP contribution in [0.2, 0.25) is 0 Å². The van der Waals surface area contributed by atoms with Gasteiger partial charge in [-0.25, -0.2) is 4.39 Å². The van der Waals surface area contributed by atoms with E-state index >= 15 is 0 Å². The Morgan fingerprint density at radius 1 is 1.32 bits per heavy atom. The molecular formula is C15H22ClFN2O3. The Morgan fingerprint density at radius 3 is 2.41 bits per heavy atom. The van der Waals surface area contributed by atoms with Crippen LogP contribution in [0.4, 0.5) is 4.39 Å². The predicted octanol–water partition coefficient (Wildman–Crippen LogP) is 1.95. The highest BCUT2D eigenvalue weighted by Gasteiger charge is 2.21. The zero-order valence-electron chi connectivity index (χ0n) is 12.7. The van der Waals surface area contributed by atoms with Gasteiger partial charge < -0.3 is 15.8 Å². The second kappa shape index (κ2) is 10.1. The molecule has 1 rings (SSSR count). The maximum atomic E-state index is 13.0. The van der Waals surface area contributed by atoms with Gasteiger partial charge in [-0.3, -0.25) is 9.59 Å². The number of nitrogens with one attached hydrogen (secondary N) is 1. The van der Waals surface area contributed by atoms with Gasteiger partial charge in [-0.05, 0) is 24.6 Å². The van der Waals surface area contributed by atoms with E-state index in [0.717, 1.165) is 0 Å². The number of hydrogen-bond acceptors (Lipinski definition) is 4. The summed E-state index contributed by atoms with van der Waals surface area (Å²) in [4.78, 5) is 23.6. The molecule has 5 nitrogen and oxygen atoms in total. The van der Waals surface area contributed by atoms with Crippen LogP contribution in [0.25, 0.3) is 0 Å². The highest BCUT2D eigenvalue weighted by atomic mass is 35.5. The maximum Gasteiger partial charge on any atom is 0.308 e. The number of halogens is 2. The molecule has 7 heteroatoms. The SMILES string of the molecule is CCOC(=O)CC(NC(=O)C(C)CN)c1ccc(F)cc1.Cl. The molecule has 3 N–H and O–H groups in total. The fraction of sp³-hybridized carbons (Fsp3) is 0.467. The lowest BCUT2D eigenvalue weighted by Gasteiger charge is -2.20. The van der Waals surface area contributed by atoms with Crippen molar-refractivity contribution in [2.45, 2.75) is 26.3 Å². The zero-order valence-corrected chi connectivity index (χ0v) is 13.5. The Kier molecular flexibility index (Phi) is 9.37. The highest BCUT2D eigenvalue weighted by molar-refractivity contribution is 5.85. The second-order valence-corrected chi connectivity index (χ2v) is 4.76. The summed E-state index contributed by atoms with van der Waals surface area (Å²) >= 11 is 0. The predicted molar refractivity (Wildman–Crippen MR) is 84.0 cm³/mol. The van der Waals surface area contributed by atoms with Crippen molar-refractivity contribution in [3.05, 3.63) is 35.6 Å². The van der Waals surface area contributed by atoms with Gasteiger partial charge in [0.15, 0.2) is 0 Å². The summed E-state index contributed by atoms with van der Waals surface area (Å²) in [7, 11) is 0. The van der Waals surface area contributed by atoms with E-state index in [2.05, 4.69) is 5.32 Å². The molecule has 0 aliphatic carbocycles. The Balaban J connectivity index is 0.00000441. The van der Waals surface area contributed by atoms with Gasteiger partial charge in [0.05, 0.1) is 19.1 Å². The third-order valence-electron chi connectivity index (χ3n) is 3.07. The summed E-state index contributed by atoms with van der Waals surface area (Å²) in [5, 5.41) is 2.75. The van der Waals surface area contributed by atoms with E-state index in [4.69, 9.17) is 10.5 Å². The molecule has 0 heterocycles.